The number of rotatable bonds is 2. The van der Waals surface area contributed by atoms with Crippen molar-refractivity contribution >= 4 is 0 Å². The number of benzene rings is 3. The molecule has 1 aliphatic rings. The van der Waals surface area contributed by atoms with E-state index in [1.807, 2.05) is 36.4 Å². The molecule has 0 unspecified atom stereocenters. The fourth-order valence-corrected chi connectivity index (χ4v) is 3.48. The highest BCUT2D eigenvalue weighted by atomic mass is 16.5. The molecule has 3 aromatic carbocycles. The first-order chi connectivity index (χ1) is 11.7. The minimum absolute atomic E-state index is 0.139. The van der Waals surface area contributed by atoms with Crippen LogP contribution >= 0.6 is 0 Å². The Morgan fingerprint density at radius 2 is 1.46 bits per heavy atom. The lowest BCUT2D eigenvalue weighted by Crippen LogP contribution is -2.25. The van der Waals surface area contributed by atoms with Crippen molar-refractivity contribution in [2.75, 3.05) is 6.61 Å². The lowest BCUT2D eigenvalue weighted by atomic mass is 9.76. The highest BCUT2D eigenvalue weighted by Gasteiger charge is 2.33. The number of phenols is 2. The van der Waals surface area contributed by atoms with Gasteiger partial charge in [-0.05, 0) is 29.3 Å². The first-order valence-corrected chi connectivity index (χ1v) is 8.02. The van der Waals surface area contributed by atoms with Crippen LogP contribution < -0.4 is 4.74 Å². The number of hydrogen-bond acceptors (Lipinski definition) is 3. The van der Waals surface area contributed by atoms with Crippen LogP contribution in [0.2, 0.25) is 0 Å². The number of fused-ring (bicyclic) bond motifs is 1. The van der Waals surface area contributed by atoms with Gasteiger partial charge in [-0.3, -0.25) is 0 Å². The van der Waals surface area contributed by atoms with Crippen molar-refractivity contribution in [3.05, 3.63) is 89.5 Å². The molecular weight excluding hydrogens is 300 g/mol. The first kappa shape index (κ1) is 14.6. The third kappa shape index (κ3) is 2.58. The summed E-state index contributed by atoms with van der Waals surface area (Å²) in [7, 11) is 0. The van der Waals surface area contributed by atoms with Crippen molar-refractivity contribution in [2.45, 2.75) is 11.8 Å². The fourth-order valence-electron chi connectivity index (χ4n) is 3.48. The fraction of sp³-hybridized carbons (Fsp3) is 0.143. The smallest absolute Gasteiger partial charge is 0.126 e. The Hall–Kier alpha value is -2.94. The van der Waals surface area contributed by atoms with Crippen molar-refractivity contribution in [3.63, 3.8) is 0 Å². The zero-order chi connectivity index (χ0) is 16.5. The third-order valence-electron chi connectivity index (χ3n) is 4.63. The largest absolute Gasteiger partial charge is 0.508 e. The molecule has 0 radical (unpaired) electrons. The highest BCUT2D eigenvalue weighted by Crippen LogP contribution is 2.46. The lowest BCUT2D eigenvalue weighted by Gasteiger charge is -2.34. The SMILES string of the molecule is Oc1ccc([C@H]2COc3cc(O)ccc3[C@H]2c2ccccc2)cc1. The van der Waals surface area contributed by atoms with Gasteiger partial charge in [0.2, 0.25) is 0 Å². The second-order valence-corrected chi connectivity index (χ2v) is 6.12. The number of hydrogen-bond donors (Lipinski definition) is 2. The molecule has 24 heavy (non-hydrogen) atoms. The van der Waals surface area contributed by atoms with Gasteiger partial charge in [-0.25, -0.2) is 0 Å². The van der Waals surface area contributed by atoms with Crippen molar-refractivity contribution in [3.8, 4) is 17.2 Å². The summed E-state index contributed by atoms with van der Waals surface area (Å²) >= 11 is 0. The second-order valence-electron chi connectivity index (χ2n) is 6.12. The topological polar surface area (TPSA) is 49.7 Å². The molecule has 0 aromatic heterocycles. The molecule has 3 aromatic rings. The van der Waals surface area contributed by atoms with Crippen LogP contribution in [0.1, 0.15) is 28.5 Å². The van der Waals surface area contributed by atoms with Crippen molar-refractivity contribution in [1.82, 2.24) is 0 Å². The maximum absolute atomic E-state index is 9.75. The average molecular weight is 318 g/mol. The molecule has 1 aliphatic heterocycles. The number of phenolic OH excluding ortho intramolecular Hbond substituents is 2. The van der Waals surface area contributed by atoms with Gasteiger partial charge in [0.25, 0.3) is 0 Å². The first-order valence-electron chi connectivity index (χ1n) is 8.02. The minimum atomic E-state index is 0.139. The van der Waals surface area contributed by atoms with E-state index in [0.717, 1.165) is 16.9 Å². The molecule has 0 fully saturated rings. The maximum Gasteiger partial charge on any atom is 0.126 e. The number of aromatic hydroxyl groups is 2. The van der Waals surface area contributed by atoms with Crippen LogP contribution in [0.3, 0.4) is 0 Å². The van der Waals surface area contributed by atoms with Gasteiger partial charge < -0.3 is 14.9 Å². The predicted molar refractivity (Wildman–Crippen MR) is 92.7 cm³/mol. The Bertz CT molecular complexity index is 841. The Balaban J connectivity index is 1.84. The molecule has 3 nitrogen and oxygen atoms in total. The Morgan fingerprint density at radius 1 is 0.750 bits per heavy atom. The van der Waals surface area contributed by atoms with E-state index in [1.54, 1.807) is 24.3 Å². The standard InChI is InChI=1S/C21H18O3/c22-16-8-6-14(7-9-16)19-13-24-20-12-17(23)10-11-18(20)21(19)15-4-2-1-3-5-15/h1-12,19,21-23H,13H2/t19-,21-/m1/s1. The van der Waals surface area contributed by atoms with E-state index < -0.39 is 0 Å². The van der Waals surface area contributed by atoms with Crippen LogP contribution in [0.5, 0.6) is 17.2 Å². The van der Waals surface area contributed by atoms with E-state index in [-0.39, 0.29) is 23.3 Å². The third-order valence-corrected chi connectivity index (χ3v) is 4.63. The molecule has 0 aliphatic carbocycles. The maximum atomic E-state index is 9.75. The van der Waals surface area contributed by atoms with E-state index in [0.29, 0.717) is 6.61 Å². The van der Waals surface area contributed by atoms with Gasteiger partial charge in [0.05, 0.1) is 6.61 Å². The van der Waals surface area contributed by atoms with Crippen molar-refractivity contribution in [2.24, 2.45) is 0 Å². The molecule has 2 atom stereocenters. The molecule has 4 rings (SSSR count). The lowest BCUT2D eigenvalue weighted by molar-refractivity contribution is 0.247. The molecule has 0 spiro atoms. The van der Waals surface area contributed by atoms with Gasteiger partial charge >= 0.3 is 0 Å². The Labute approximate surface area is 140 Å². The van der Waals surface area contributed by atoms with E-state index >= 15 is 0 Å². The highest BCUT2D eigenvalue weighted by molar-refractivity contribution is 5.50. The van der Waals surface area contributed by atoms with Gasteiger partial charge in [0.1, 0.15) is 17.2 Å². The monoisotopic (exact) mass is 318 g/mol. The van der Waals surface area contributed by atoms with Crippen LogP contribution in [0.15, 0.2) is 72.8 Å². The summed E-state index contributed by atoms with van der Waals surface area (Å²) in [5.41, 5.74) is 3.41. The molecule has 120 valence electrons. The molecule has 3 heteroatoms. The molecule has 0 bridgehead atoms. The van der Waals surface area contributed by atoms with Gasteiger partial charge in [-0.15, -0.1) is 0 Å². The predicted octanol–water partition coefficient (Wildman–Crippen LogP) is 4.41. The Morgan fingerprint density at radius 3 is 2.21 bits per heavy atom. The van der Waals surface area contributed by atoms with E-state index in [2.05, 4.69) is 12.1 Å². The normalized spacial score (nSPS) is 19.3. The van der Waals surface area contributed by atoms with Crippen LogP contribution in [0, 0.1) is 0 Å². The second kappa shape index (κ2) is 5.93. The molecule has 0 saturated heterocycles. The molecular formula is C21H18O3. The zero-order valence-electron chi connectivity index (χ0n) is 13.1. The van der Waals surface area contributed by atoms with Gasteiger partial charge in [0.15, 0.2) is 0 Å². The summed E-state index contributed by atoms with van der Waals surface area (Å²) in [5.74, 6) is 1.49. The zero-order valence-corrected chi connectivity index (χ0v) is 13.1. The summed E-state index contributed by atoms with van der Waals surface area (Å²) in [6, 6.07) is 23.0. The molecule has 1 heterocycles. The van der Waals surface area contributed by atoms with E-state index in [9.17, 15) is 10.2 Å². The van der Waals surface area contributed by atoms with Crippen molar-refractivity contribution in [1.29, 1.82) is 0 Å². The van der Waals surface area contributed by atoms with Crippen LogP contribution in [0.4, 0.5) is 0 Å². The van der Waals surface area contributed by atoms with Crippen LogP contribution in [-0.4, -0.2) is 16.8 Å². The number of ether oxygens (including phenoxy) is 1. The van der Waals surface area contributed by atoms with Crippen LogP contribution in [0.25, 0.3) is 0 Å². The van der Waals surface area contributed by atoms with Gasteiger partial charge in [0, 0.05) is 23.5 Å². The summed E-state index contributed by atoms with van der Waals surface area (Å²) in [6.45, 7) is 0.529. The summed E-state index contributed by atoms with van der Waals surface area (Å²) in [4.78, 5) is 0. The summed E-state index contributed by atoms with van der Waals surface area (Å²) in [5, 5.41) is 19.3. The van der Waals surface area contributed by atoms with Crippen molar-refractivity contribution < 1.29 is 14.9 Å². The van der Waals surface area contributed by atoms with Gasteiger partial charge in [-0.2, -0.15) is 0 Å². The summed E-state index contributed by atoms with van der Waals surface area (Å²) < 4.78 is 5.93. The van der Waals surface area contributed by atoms with E-state index in [1.165, 1.54) is 5.56 Å². The molecule has 0 amide bonds. The minimum Gasteiger partial charge on any atom is -0.508 e. The average Bonchev–Trinajstić information content (AvgIpc) is 2.62. The van der Waals surface area contributed by atoms with Crippen LogP contribution in [-0.2, 0) is 0 Å². The quantitative estimate of drug-likeness (QED) is 0.736. The summed E-state index contributed by atoms with van der Waals surface area (Å²) in [6.07, 6.45) is 0. The Kier molecular flexibility index (Phi) is 3.62. The molecule has 0 saturated carbocycles. The van der Waals surface area contributed by atoms with Gasteiger partial charge in [-0.1, -0.05) is 48.5 Å². The molecule has 2 N–H and O–H groups in total. The van der Waals surface area contributed by atoms with E-state index in [4.69, 9.17) is 4.74 Å².